The smallest absolute Gasteiger partial charge is 0.243 e. The summed E-state index contributed by atoms with van der Waals surface area (Å²) in [5.74, 6) is 1.34. The summed E-state index contributed by atoms with van der Waals surface area (Å²) in [7, 11) is 1.97. The normalized spacial score (nSPS) is 40.1. The second kappa shape index (κ2) is 4.02. The largest absolute Gasteiger partial charge is 0.341 e. The molecule has 0 aromatic rings. The Morgan fingerprint density at radius 1 is 1.50 bits per heavy atom. The van der Waals surface area contributed by atoms with Gasteiger partial charge in [0.05, 0.1) is 0 Å². The summed E-state index contributed by atoms with van der Waals surface area (Å²) < 4.78 is 0. The molecule has 2 aliphatic heterocycles. The van der Waals surface area contributed by atoms with Crippen molar-refractivity contribution in [3.8, 4) is 0 Å². The molecule has 3 atom stereocenters. The highest BCUT2D eigenvalue weighted by atomic mass is 16.2. The average molecular weight is 224 g/mol. The lowest BCUT2D eigenvalue weighted by atomic mass is 9.73. The molecule has 3 unspecified atom stereocenters. The highest BCUT2D eigenvalue weighted by molar-refractivity contribution is 5.88. The number of carbonyl (C=O) groups is 1. The first-order valence-electron chi connectivity index (χ1n) is 6.51. The number of hydrogen-bond acceptors (Lipinski definition) is 2. The van der Waals surface area contributed by atoms with Crippen molar-refractivity contribution in [2.75, 3.05) is 13.6 Å². The van der Waals surface area contributed by atoms with E-state index >= 15 is 0 Å². The Hall–Kier alpha value is -0.570. The van der Waals surface area contributed by atoms with Crippen LogP contribution in [-0.2, 0) is 4.79 Å². The third kappa shape index (κ3) is 1.56. The van der Waals surface area contributed by atoms with Crippen molar-refractivity contribution >= 4 is 5.91 Å². The van der Waals surface area contributed by atoms with Gasteiger partial charge in [0, 0.05) is 13.1 Å². The first kappa shape index (κ1) is 11.9. The number of carbonyl (C=O) groups excluding carboxylic acids is 1. The van der Waals surface area contributed by atoms with E-state index in [1.165, 1.54) is 0 Å². The van der Waals surface area contributed by atoms with E-state index in [4.69, 9.17) is 0 Å². The van der Waals surface area contributed by atoms with Crippen LogP contribution < -0.4 is 5.32 Å². The van der Waals surface area contributed by atoms with E-state index < -0.39 is 0 Å². The molecule has 1 N–H and O–H groups in total. The zero-order valence-electron chi connectivity index (χ0n) is 10.9. The summed E-state index contributed by atoms with van der Waals surface area (Å²) in [6, 6.07) is 0.413. The Kier molecular flexibility index (Phi) is 2.99. The van der Waals surface area contributed by atoms with Gasteiger partial charge in [-0.1, -0.05) is 20.8 Å². The number of nitrogens with zero attached hydrogens (tertiary/aromatic N) is 1. The number of piperidine rings is 1. The quantitative estimate of drug-likeness (QED) is 0.734. The monoisotopic (exact) mass is 224 g/mol. The SMILES string of the molecule is CC(C)C1CC(C)C2(CCCN2)C(=O)N1C. The van der Waals surface area contributed by atoms with Gasteiger partial charge in [-0.2, -0.15) is 0 Å². The molecule has 3 nitrogen and oxygen atoms in total. The molecule has 2 saturated heterocycles. The van der Waals surface area contributed by atoms with Gasteiger partial charge in [-0.25, -0.2) is 0 Å². The van der Waals surface area contributed by atoms with Crippen molar-refractivity contribution in [2.45, 2.75) is 51.6 Å². The average Bonchev–Trinajstić information content (AvgIpc) is 2.71. The van der Waals surface area contributed by atoms with Crippen molar-refractivity contribution in [2.24, 2.45) is 11.8 Å². The molecule has 2 heterocycles. The van der Waals surface area contributed by atoms with Gasteiger partial charge >= 0.3 is 0 Å². The third-order valence-corrected chi connectivity index (χ3v) is 4.59. The van der Waals surface area contributed by atoms with E-state index in [2.05, 4.69) is 26.1 Å². The van der Waals surface area contributed by atoms with Crippen molar-refractivity contribution in [3.05, 3.63) is 0 Å². The van der Waals surface area contributed by atoms with Crippen LogP contribution in [0.2, 0.25) is 0 Å². The molecular formula is C13H24N2O. The minimum Gasteiger partial charge on any atom is -0.341 e. The molecule has 0 bridgehead atoms. The highest BCUT2D eigenvalue weighted by Gasteiger charge is 2.52. The van der Waals surface area contributed by atoms with Crippen LogP contribution in [0.25, 0.3) is 0 Å². The summed E-state index contributed by atoms with van der Waals surface area (Å²) in [6.45, 7) is 7.65. The third-order valence-electron chi connectivity index (χ3n) is 4.59. The molecule has 1 amide bonds. The molecule has 0 saturated carbocycles. The van der Waals surface area contributed by atoms with Gasteiger partial charge in [-0.05, 0) is 37.6 Å². The molecule has 1 spiro atoms. The number of likely N-dealkylation sites (N-methyl/N-ethyl adjacent to an activating group) is 1. The van der Waals surface area contributed by atoms with Gasteiger partial charge in [-0.3, -0.25) is 4.79 Å². The molecular weight excluding hydrogens is 200 g/mol. The topological polar surface area (TPSA) is 32.3 Å². The van der Waals surface area contributed by atoms with Crippen molar-refractivity contribution in [3.63, 3.8) is 0 Å². The zero-order valence-corrected chi connectivity index (χ0v) is 10.9. The van der Waals surface area contributed by atoms with E-state index in [0.29, 0.717) is 23.8 Å². The van der Waals surface area contributed by atoms with Crippen LogP contribution in [0.15, 0.2) is 0 Å². The Labute approximate surface area is 98.6 Å². The number of likely N-dealkylation sites (tertiary alicyclic amines) is 1. The molecule has 0 aromatic carbocycles. The predicted molar refractivity (Wildman–Crippen MR) is 65.1 cm³/mol. The highest BCUT2D eigenvalue weighted by Crippen LogP contribution is 2.39. The van der Waals surface area contributed by atoms with E-state index in [1.807, 2.05) is 11.9 Å². The summed E-state index contributed by atoms with van der Waals surface area (Å²) in [5.41, 5.74) is -0.236. The molecule has 92 valence electrons. The second-order valence-electron chi connectivity index (χ2n) is 5.87. The Balaban J connectivity index is 2.24. The van der Waals surface area contributed by atoms with Crippen molar-refractivity contribution in [1.82, 2.24) is 10.2 Å². The first-order valence-corrected chi connectivity index (χ1v) is 6.51. The molecule has 16 heavy (non-hydrogen) atoms. The molecule has 2 fully saturated rings. The minimum absolute atomic E-state index is 0.236. The number of hydrogen-bond donors (Lipinski definition) is 1. The Morgan fingerprint density at radius 2 is 2.19 bits per heavy atom. The van der Waals surface area contributed by atoms with Gasteiger partial charge in [0.15, 0.2) is 0 Å². The molecule has 0 aromatic heterocycles. The van der Waals surface area contributed by atoms with Crippen molar-refractivity contribution < 1.29 is 4.79 Å². The van der Waals surface area contributed by atoms with Gasteiger partial charge in [0.25, 0.3) is 0 Å². The summed E-state index contributed by atoms with van der Waals surface area (Å²) in [4.78, 5) is 14.5. The molecule has 0 aliphatic carbocycles. The van der Waals surface area contributed by atoms with Crippen LogP contribution in [0.1, 0.15) is 40.0 Å². The summed E-state index contributed by atoms with van der Waals surface area (Å²) >= 11 is 0. The standard InChI is InChI=1S/C13H24N2O/c1-9(2)11-8-10(3)13(6-5-7-14-13)12(16)15(11)4/h9-11,14H,5-8H2,1-4H3. The fourth-order valence-corrected chi connectivity index (χ4v) is 3.49. The molecule has 0 radical (unpaired) electrons. The van der Waals surface area contributed by atoms with Gasteiger partial charge < -0.3 is 10.2 Å². The van der Waals surface area contributed by atoms with E-state index in [9.17, 15) is 4.79 Å². The second-order valence-corrected chi connectivity index (χ2v) is 5.87. The predicted octanol–water partition coefficient (Wildman–Crippen LogP) is 1.63. The summed E-state index contributed by atoms with van der Waals surface area (Å²) in [5, 5.41) is 3.47. The molecule has 3 heteroatoms. The van der Waals surface area contributed by atoms with Gasteiger partial charge in [0.1, 0.15) is 5.54 Å². The fraction of sp³-hybridized carbons (Fsp3) is 0.923. The van der Waals surface area contributed by atoms with Gasteiger partial charge in [-0.15, -0.1) is 0 Å². The molecule has 2 aliphatic rings. The number of amides is 1. The van der Waals surface area contributed by atoms with Crippen LogP contribution in [0.5, 0.6) is 0 Å². The van der Waals surface area contributed by atoms with Crippen LogP contribution in [0.4, 0.5) is 0 Å². The van der Waals surface area contributed by atoms with E-state index in [1.54, 1.807) is 0 Å². The lowest BCUT2D eigenvalue weighted by Crippen LogP contribution is -2.65. The van der Waals surface area contributed by atoms with Crippen LogP contribution in [0, 0.1) is 11.8 Å². The Bertz CT molecular complexity index is 282. The van der Waals surface area contributed by atoms with Gasteiger partial charge in [0.2, 0.25) is 5.91 Å². The van der Waals surface area contributed by atoms with Crippen LogP contribution in [0.3, 0.4) is 0 Å². The lowest BCUT2D eigenvalue weighted by molar-refractivity contribution is -0.147. The summed E-state index contributed by atoms with van der Waals surface area (Å²) in [6.07, 6.45) is 3.28. The molecule has 2 rings (SSSR count). The van der Waals surface area contributed by atoms with Crippen molar-refractivity contribution in [1.29, 1.82) is 0 Å². The van der Waals surface area contributed by atoms with Crippen LogP contribution in [-0.4, -0.2) is 36.0 Å². The van der Waals surface area contributed by atoms with Crippen LogP contribution >= 0.6 is 0 Å². The maximum atomic E-state index is 12.5. The van der Waals surface area contributed by atoms with E-state index in [0.717, 1.165) is 25.8 Å². The lowest BCUT2D eigenvalue weighted by Gasteiger charge is -2.48. The Morgan fingerprint density at radius 3 is 2.69 bits per heavy atom. The first-order chi connectivity index (χ1) is 7.49. The number of nitrogens with one attached hydrogen (secondary N) is 1. The number of rotatable bonds is 1. The fourth-order valence-electron chi connectivity index (χ4n) is 3.49. The zero-order chi connectivity index (χ0) is 11.9. The maximum Gasteiger partial charge on any atom is 0.243 e. The van der Waals surface area contributed by atoms with E-state index in [-0.39, 0.29) is 5.54 Å². The maximum absolute atomic E-state index is 12.5. The minimum atomic E-state index is -0.236.